The number of benzene rings is 3. The van der Waals surface area contributed by atoms with Gasteiger partial charge in [0.25, 0.3) is 10.0 Å². The number of hydrogen-bond acceptors (Lipinski definition) is 4. The van der Waals surface area contributed by atoms with Crippen molar-refractivity contribution in [2.45, 2.75) is 31.3 Å². The van der Waals surface area contributed by atoms with E-state index in [2.05, 4.69) is 21.2 Å². The maximum atomic E-state index is 13.7. The number of halogens is 1. The van der Waals surface area contributed by atoms with Gasteiger partial charge in [0.05, 0.1) is 10.6 Å². The minimum atomic E-state index is -4.07. The van der Waals surface area contributed by atoms with E-state index >= 15 is 0 Å². The van der Waals surface area contributed by atoms with Crippen LogP contribution < -0.4 is 9.62 Å². The Balaban J connectivity index is 2.01. The lowest BCUT2D eigenvalue weighted by Crippen LogP contribution is -2.50. The summed E-state index contributed by atoms with van der Waals surface area (Å²) in [6.07, 6.45) is 0. The molecule has 1 N–H and O–H groups in total. The van der Waals surface area contributed by atoms with Gasteiger partial charge < -0.3 is 10.2 Å². The van der Waals surface area contributed by atoms with Crippen LogP contribution in [0.25, 0.3) is 0 Å². The average Bonchev–Trinajstić information content (AvgIpc) is 2.86. The van der Waals surface area contributed by atoms with E-state index in [9.17, 15) is 18.0 Å². The molecule has 0 spiro atoms. The Morgan fingerprint density at radius 2 is 1.54 bits per heavy atom. The fraction of sp³-hybridized carbons (Fsp3) is 0.231. The molecule has 0 fully saturated rings. The number of nitrogens with one attached hydrogen (secondary N) is 1. The maximum absolute atomic E-state index is 13.7. The lowest BCUT2D eigenvalue weighted by molar-refractivity contribution is -0.139. The summed E-state index contributed by atoms with van der Waals surface area (Å²) in [5.41, 5.74) is 2.09. The van der Waals surface area contributed by atoms with Crippen LogP contribution in [0, 0.1) is 6.92 Å². The molecule has 0 saturated heterocycles. The molecule has 0 saturated carbocycles. The van der Waals surface area contributed by atoms with E-state index in [1.165, 1.54) is 24.1 Å². The SMILES string of the molecule is CNC(=O)[C@@H](C)N(Cc1ccccc1)C(=O)CN(c1ccc(Br)cc1)S(=O)(=O)c1ccc(C)cc1. The molecule has 0 bridgehead atoms. The zero-order chi connectivity index (χ0) is 25.6. The van der Waals surface area contributed by atoms with Crippen LogP contribution in [0.1, 0.15) is 18.1 Å². The highest BCUT2D eigenvalue weighted by atomic mass is 79.9. The number of hydrogen-bond donors (Lipinski definition) is 1. The van der Waals surface area contributed by atoms with Crippen molar-refractivity contribution in [3.8, 4) is 0 Å². The predicted molar refractivity (Wildman–Crippen MR) is 140 cm³/mol. The molecule has 9 heteroatoms. The normalized spacial score (nSPS) is 12.0. The Morgan fingerprint density at radius 1 is 0.943 bits per heavy atom. The van der Waals surface area contributed by atoms with Crippen LogP contribution in [0.2, 0.25) is 0 Å². The third kappa shape index (κ3) is 6.49. The fourth-order valence-corrected chi connectivity index (χ4v) is 5.22. The summed E-state index contributed by atoms with van der Waals surface area (Å²) in [4.78, 5) is 27.5. The molecular formula is C26H28BrN3O4S. The molecule has 0 aliphatic rings. The molecule has 35 heavy (non-hydrogen) atoms. The zero-order valence-corrected chi connectivity index (χ0v) is 22.2. The quantitative estimate of drug-likeness (QED) is 0.428. The van der Waals surface area contributed by atoms with Crippen LogP contribution in [0.3, 0.4) is 0 Å². The molecule has 3 rings (SSSR count). The molecule has 0 aliphatic heterocycles. The molecule has 1 atom stereocenters. The lowest BCUT2D eigenvalue weighted by Gasteiger charge is -2.31. The Bertz CT molecular complexity index is 1260. The summed E-state index contributed by atoms with van der Waals surface area (Å²) < 4.78 is 29.2. The first-order valence-corrected chi connectivity index (χ1v) is 13.3. The van der Waals surface area contributed by atoms with Gasteiger partial charge in [-0.3, -0.25) is 13.9 Å². The van der Waals surface area contributed by atoms with E-state index in [0.29, 0.717) is 5.69 Å². The van der Waals surface area contributed by atoms with Gasteiger partial charge in [-0.15, -0.1) is 0 Å². The molecule has 2 amide bonds. The predicted octanol–water partition coefficient (Wildman–Crippen LogP) is 4.12. The monoisotopic (exact) mass is 557 g/mol. The molecule has 3 aromatic carbocycles. The number of carbonyl (C=O) groups excluding carboxylic acids is 2. The Kier molecular flexibility index (Phi) is 8.69. The van der Waals surface area contributed by atoms with Crippen molar-refractivity contribution in [3.05, 3.63) is 94.5 Å². The molecule has 0 radical (unpaired) electrons. The van der Waals surface area contributed by atoms with Gasteiger partial charge in [-0.25, -0.2) is 8.42 Å². The number of amides is 2. The van der Waals surface area contributed by atoms with E-state index in [4.69, 9.17) is 0 Å². The number of carbonyl (C=O) groups is 2. The zero-order valence-electron chi connectivity index (χ0n) is 19.8. The second-order valence-electron chi connectivity index (χ2n) is 8.10. The minimum Gasteiger partial charge on any atom is -0.357 e. The standard InChI is InChI=1S/C26H28BrN3O4S/c1-19-9-15-24(16-10-19)35(33,34)30(23-13-11-22(27)12-14-23)18-25(31)29(20(2)26(32)28-3)17-21-7-5-4-6-8-21/h4-16,20H,17-18H2,1-3H3,(H,28,32)/t20-/m1/s1. The molecular weight excluding hydrogens is 530 g/mol. The van der Waals surface area contributed by atoms with Gasteiger partial charge in [-0.1, -0.05) is 64.0 Å². The first-order chi connectivity index (χ1) is 16.6. The first-order valence-electron chi connectivity index (χ1n) is 11.0. The number of aryl methyl sites for hydroxylation is 1. The van der Waals surface area contributed by atoms with Gasteiger partial charge in [0.15, 0.2) is 0 Å². The van der Waals surface area contributed by atoms with E-state index in [-0.39, 0.29) is 17.3 Å². The summed E-state index contributed by atoms with van der Waals surface area (Å²) >= 11 is 3.36. The Morgan fingerprint density at radius 3 is 2.11 bits per heavy atom. The molecule has 0 aliphatic carbocycles. The topological polar surface area (TPSA) is 86.8 Å². The lowest BCUT2D eigenvalue weighted by atomic mass is 10.1. The molecule has 184 valence electrons. The van der Waals surface area contributed by atoms with Crippen molar-refractivity contribution in [1.82, 2.24) is 10.2 Å². The summed E-state index contributed by atoms with van der Waals surface area (Å²) in [5.74, 6) is -0.838. The van der Waals surface area contributed by atoms with Crippen molar-refractivity contribution in [2.24, 2.45) is 0 Å². The van der Waals surface area contributed by atoms with Crippen molar-refractivity contribution in [1.29, 1.82) is 0 Å². The van der Waals surface area contributed by atoms with Crippen LogP contribution in [0.5, 0.6) is 0 Å². The van der Waals surface area contributed by atoms with Crippen LogP contribution >= 0.6 is 15.9 Å². The average molecular weight is 558 g/mol. The van der Waals surface area contributed by atoms with Crippen molar-refractivity contribution in [3.63, 3.8) is 0 Å². The van der Waals surface area contributed by atoms with Crippen molar-refractivity contribution < 1.29 is 18.0 Å². The third-order valence-electron chi connectivity index (χ3n) is 5.61. The van der Waals surface area contributed by atoms with Gasteiger partial charge in [0.1, 0.15) is 12.6 Å². The van der Waals surface area contributed by atoms with E-state index in [1.807, 2.05) is 37.3 Å². The molecule has 3 aromatic rings. The summed E-state index contributed by atoms with van der Waals surface area (Å²) in [6.45, 7) is 3.19. The van der Waals surface area contributed by atoms with Crippen LogP contribution in [-0.4, -0.2) is 44.8 Å². The molecule has 0 aromatic heterocycles. The summed E-state index contributed by atoms with van der Waals surface area (Å²) in [6, 6.07) is 21.6. The number of rotatable bonds is 9. The Labute approximate surface area is 214 Å². The highest BCUT2D eigenvalue weighted by Gasteiger charge is 2.32. The van der Waals surface area contributed by atoms with Crippen molar-refractivity contribution in [2.75, 3.05) is 17.9 Å². The number of likely N-dealkylation sites (N-methyl/N-ethyl adjacent to an activating group) is 1. The first kappa shape index (κ1) is 26.4. The molecule has 0 unspecified atom stereocenters. The van der Waals surface area contributed by atoms with Gasteiger partial charge in [0.2, 0.25) is 11.8 Å². The van der Waals surface area contributed by atoms with Crippen LogP contribution in [-0.2, 0) is 26.2 Å². The second-order valence-corrected chi connectivity index (χ2v) is 10.9. The van der Waals surface area contributed by atoms with Gasteiger partial charge in [0, 0.05) is 18.1 Å². The van der Waals surface area contributed by atoms with Gasteiger partial charge >= 0.3 is 0 Å². The maximum Gasteiger partial charge on any atom is 0.264 e. The largest absolute Gasteiger partial charge is 0.357 e. The molecule has 0 heterocycles. The van der Waals surface area contributed by atoms with Crippen molar-refractivity contribution >= 4 is 43.5 Å². The second kappa shape index (κ2) is 11.5. The van der Waals surface area contributed by atoms with Gasteiger partial charge in [-0.2, -0.15) is 0 Å². The Hall–Kier alpha value is -3.17. The minimum absolute atomic E-state index is 0.0766. The smallest absolute Gasteiger partial charge is 0.264 e. The highest BCUT2D eigenvalue weighted by Crippen LogP contribution is 2.26. The fourth-order valence-electron chi connectivity index (χ4n) is 3.55. The van der Waals surface area contributed by atoms with Gasteiger partial charge in [-0.05, 0) is 55.8 Å². The van der Waals surface area contributed by atoms with Crippen LogP contribution in [0.4, 0.5) is 5.69 Å². The number of anilines is 1. The number of sulfonamides is 1. The number of nitrogens with zero attached hydrogens (tertiary/aromatic N) is 2. The summed E-state index contributed by atoms with van der Waals surface area (Å²) in [5, 5.41) is 2.57. The van der Waals surface area contributed by atoms with E-state index in [1.54, 1.807) is 43.3 Å². The third-order valence-corrected chi connectivity index (χ3v) is 7.93. The summed E-state index contributed by atoms with van der Waals surface area (Å²) in [7, 11) is -2.57. The molecule has 7 nitrogen and oxygen atoms in total. The van der Waals surface area contributed by atoms with Crippen LogP contribution in [0.15, 0.2) is 88.2 Å². The van der Waals surface area contributed by atoms with E-state index < -0.39 is 28.5 Å². The highest BCUT2D eigenvalue weighted by molar-refractivity contribution is 9.10. The van der Waals surface area contributed by atoms with E-state index in [0.717, 1.165) is 19.9 Å².